The summed E-state index contributed by atoms with van der Waals surface area (Å²) in [5.41, 5.74) is 0. The molecule has 4 nitrogen and oxygen atoms in total. The lowest BCUT2D eigenvalue weighted by molar-refractivity contribution is 0.0536. The van der Waals surface area contributed by atoms with Gasteiger partial charge in [-0.15, -0.1) is 0 Å². The van der Waals surface area contributed by atoms with Gasteiger partial charge < -0.3 is 14.9 Å². The molecule has 12 heavy (non-hydrogen) atoms. The minimum atomic E-state index is -0.821. The highest BCUT2D eigenvalue weighted by molar-refractivity contribution is 5.16. The predicted octanol–water partition coefficient (Wildman–Crippen LogP) is -0.186. The second-order valence-electron chi connectivity index (χ2n) is 2.33. The summed E-state index contributed by atoms with van der Waals surface area (Å²) in [6, 6.07) is 3.37. The highest BCUT2D eigenvalue weighted by Crippen LogP contribution is 2.06. The van der Waals surface area contributed by atoms with E-state index in [-0.39, 0.29) is 13.2 Å². The van der Waals surface area contributed by atoms with Gasteiger partial charge in [-0.2, -0.15) is 0 Å². The van der Waals surface area contributed by atoms with Gasteiger partial charge in [-0.05, 0) is 12.1 Å². The summed E-state index contributed by atoms with van der Waals surface area (Å²) in [6.45, 7) is -0.189. The van der Waals surface area contributed by atoms with E-state index in [0.717, 1.165) is 0 Å². The lowest BCUT2D eigenvalue weighted by Crippen LogP contribution is -2.21. The molecule has 0 aliphatic carbocycles. The van der Waals surface area contributed by atoms with Crippen molar-refractivity contribution in [2.45, 2.75) is 6.10 Å². The molecule has 1 heterocycles. The quantitative estimate of drug-likeness (QED) is 0.656. The molecule has 1 aromatic heterocycles. The second-order valence-corrected chi connectivity index (χ2v) is 2.33. The van der Waals surface area contributed by atoms with Crippen molar-refractivity contribution in [1.29, 1.82) is 0 Å². The van der Waals surface area contributed by atoms with Crippen LogP contribution in [0.4, 0.5) is 0 Å². The van der Waals surface area contributed by atoms with Gasteiger partial charge in [0.25, 0.3) is 0 Å². The smallest absolute Gasteiger partial charge is 0.122 e. The zero-order valence-electron chi connectivity index (χ0n) is 6.55. The minimum Gasteiger partial charge on any atom is -0.491 e. The summed E-state index contributed by atoms with van der Waals surface area (Å²) in [7, 11) is 0. The molecule has 1 atom stereocenters. The summed E-state index contributed by atoms with van der Waals surface area (Å²) in [5, 5.41) is 17.4. The van der Waals surface area contributed by atoms with Crippen LogP contribution in [0.3, 0.4) is 0 Å². The Kier molecular flexibility index (Phi) is 3.50. The van der Waals surface area contributed by atoms with E-state index in [4.69, 9.17) is 14.9 Å². The van der Waals surface area contributed by atoms with Gasteiger partial charge in [0.1, 0.15) is 18.5 Å². The van der Waals surface area contributed by atoms with Crippen LogP contribution in [0.2, 0.25) is 0 Å². The molecule has 0 aliphatic heterocycles. The van der Waals surface area contributed by atoms with Gasteiger partial charge in [0.2, 0.25) is 0 Å². The van der Waals surface area contributed by atoms with Crippen LogP contribution in [0.25, 0.3) is 0 Å². The Hall–Kier alpha value is -1.13. The molecular formula is C8H11NO3. The molecule has 1 unspecified atom stereocenters. The predicted molar refractivity (Wildman–Crippen MR) is 42.8 cm³/mol. The highest BCUT2D eigenvalue weighted by atomic mass is 16.5. The van der Waals surface area contributed by atoms with Crippen LogP contribution < -0.4 is 4.74 Å². The van der Waals surface area contributed by atoms with Gasteiger partial charge in [-0.1, -0.05) is 0 Å². The SMILES string of the molecule is OCC(O)COc1ccncc1. The van der Waals surface area contributed by atoms with E-state index < -0.39 is 6.10 Å². The number of nitrogens with zero attached hydrogens (tertiary/aromatic N) is 1. The van der Waals surface area contributed by atoms with Gasteiger partial charge in [0.15, 0.2) is 0 Å². The molecule has 1 aromatic rings. The zero-order valence-corrected chi connectivity index (χ0v) is 6.55. The summed E-state index contributed by atoms with van der Waals surface area (Å²) >= 11 is 0. The first-order chi connectivity index (χ1) is 5.83. The topological polar surface area (TPSA) is 62.6 Å². The maximum absolute atomic E-state index is 8.93. The van der Waals surface area contributed by atoms with Gasteiger partial charge in [-0.25, -0.2) is 0 Å². The molecule has 1 rings (SSSR count). The largest absolute Gasteiger partial charge is 0.491 e. The first-order valence-electron chi connectivity index (χ1n) is 3.64. The fourth-order valence-electron chi connectivity index (χ4n) is 0.680. The van der Waals surface area contributed by atoms with Crippen molar-refractivity contribution in [3.8, 4) is 5.75 Å². The molecule has 0 fully saturated rings. The van der Waals surface area contributed by atoms with Crippen molar-refractivity contribution >= 4 is 0 Å². The lowest BCUT2D eigenvalue weighted by Gasteiger charge is -2.08. The summed E-state index contributed by atoms with van der Waals surface area (Å²) < 4.78 is 5.11. The molecule has 0 spiro atoms. The summed E-state index contributed by atoms with van der Waals surface area (Å²) in [4.78, 5) is 3.80. The maximum Gasteiger partial charge on any atom is 0.122 e. The third-order valence-electron chi connectivity index (χ3n) is 1.30. The van der Waals surface area contributed by atoms with Gasteiger partial charge in [0.05, 0.1) is 6.61 Å². The van der Waals surface area contributed by atoms with Crippen LogP contribution in [0, 0.1) is 0 Å². The van der Waals surface area contributed by atoms with E-state index in [1.54, 1.807) is 24.5 Å². The van der Waals surface area contributed by atoms with Gasteiger partial charge >= 0.3 is 0 Å². The lowest BCUT2D eigenvalue weighted by atomic mass is 10.4. The molecule has 0 aromatic carbocycles. The molecule has 0 saturated carbocycles. The van der Waals surface area contributed by atoms with Crippen molar-refractivity contribution in [3.05, 3.63) is 24.5 Å². The van der Waals surface area contributed by atoms with Gasteiger partial charge in [-0.3, -0.25) is 4.98 Å². The molecule has 4 heteroatoms. The molecule has 0 saturated heterocycles. The minimum absolute atomic E-state index is 0.0977. The Balaban J connectivity index is 2.33. The van der Waals surface area contributed by atoms with E-state index in [1.165, 1.54) is 0 Å². The van der Waals surface area contributed by atoms with Crippen molar-refractivity contribution < 1.29 is 14.9 Å². The van der Waals surface area contributed by atoms with Crippen molar-refractivity contribution in [2.24, 2.45) is 0 Å². The van der Waals surface area contributed by atoms with E-state index in [1.807, 2.05) is 0 Å². The fraction of sp³-hybridized carbons (Fsp3) is 0.375. The number of aromatic nitrogens is 1. The first kappa shape index (κ1) is 8.96. The van der Waals surface area contributed by atoms with E-state index in [2.05, 4.69) is 4.98 Å². The number of pyridine rings is 1. The molecule has 0 radical (unpaired) electrons. The third kappa shape index (κ3) is 2.86. The second kappa shape index (κ2) is 4.69. The third-order valence-corrected chi connectivity index (χ3v) is 1.30. The maximum atomic E-state index is 8.93. The number of hydrogen-bond donors (Lipinski definition) is 2. The van der Waals surface area contributed by atoms with Crippen LogP contribution in [-0.4, -0.2) is 34.5 Å². The molecule has 2 N–H and O–H groups in total. The van der Waals surface area contributed by atoms with E-state index in [9.17, 15) is 0 Å². The first-order valence-corrected chi connectivity index (χ1v) is 3.64. The molecule has 0 aliphatic rings. The van der Waals surface area contributed by atoms with Gasteiger partial charge in [0, 0.05) is 12.4 Å². The number of rotatable bonds is 4. The molecule has 66 valence electrons. The van der Waals surface area contributed by atoms with Crippen LogP contribution >= 0.6 is 0 Å². The normalized spacial score (nSPS) is 12.5. The zero-order chi connectivity index (χ0) is 8.81. The average molecular weight is 169 g/mol. The Morgan fingerprint density at radius 3 is 2.67 bits per heavy atom. The molecule has 0 bridgehead atoms. The number of ether oxygens (including phenoxy) is 1. The van der Waals surface area contributed by atoms with Crippen LogP contribution in [0.5, 0.6) is 5.75 Å². The Labute approximate surface area is 70.4 Å². The Morgan fingerprint density at radius 2 is 2.08 bits per heavy atom. The van der Waals surface area contributed by atoms with Crippen molar-refractivity contribution in [1.82, 2.24) is 4.98 Å². The average Bonchev–Trinajstić information content (AvgIpc) is 2.16. The summed E-state index contributed by atoms with van der Waals surface area (Å²) in [6.07, 6.45) is 2.37. The van der Waals surface area contributed by atoms with Crippen molar-refractivity contribution in [2.75, 3.05) is 13.2 Å². The fourth-order valence-corrected chi connectivity index (χ4v) is 0.680. The van der Waals surface area contributed by atoms with Crippen molar-refractivity contribution in [3.63, 3.8) is 0 Å². The standard InChI is InChI=1S/C8H11NO3/c10-5-7(11)6-12-8-1-3-9-4-2-8/h1-4,7,10-11H,5-6H2. The van der Waals surface area contributed by atoms with E-state index >= 15 is 0 Å². The highest BCUT2D eigenvalue weighted by Gasteiger charge is 2.01. The number of hydrogen-bond acceptors (Lipinski definition) is 4. The van der Waals surface area contributed by atoms with E-state index in [0.29, 0.717) is 5.75 Å². The molecule has 0 amide bonds. The van der Waals surface area contributed by atoms with Crippen LogP contribution in [-0.2, 0) is 0 Å². The summed E-state index contributed by atoms with van der Waals surface area (Å²) in [5.74, 6) is 0.637. The Morgan fingerprint density at radius 1 is 1.42 bits per heavy atom. The number of aliphatic hydroxyl groups excluding tert-OH is 2. The Bertz CT molecular complexity index is 215. The monoisotopic (exact) mass is 169 g/mol. The number of aliphatic hydroxyl groups is 2. The van der Waals surface area contributed by atoms with Crippen LogP contribution in [0.15, 0.2) is 24.5 Å². The molecular weight excluding hydrogens is 158 g/mol. The van der Waals surface area contributed by atoms with Crippen LogP contribution in [0.1, 0.15) is 0 Å².